The van der Waals surface area contributed by atoms with Gasteiger partial charge in [0.05, 0.1) is 4.90 Å². The largest absolute Gasteiger partial charge is 0.372 e. The quantitative estimate of drug-likeness (QED) is 0.602. The van der Waals surface area contributed by atoms with Crippen LogP contribution in [0.25, 0.3) is 0 Å². The summed E-state index contributed by atoms with van der Waals surface area (Å²) in [7, 11) is -3.80. The van der Waals surface area contributed by atoms with Crippen molar-refractivity contribution in [1.29, 1.82) is 0 Å². The second-order valence-corrected chi connectivity index (χ2v) is 4.49. The maximum atomic E-state index is 11.3. The maximum Gasteiger partial charge on any atom is 0.372 e. The SMILES string of the molecule is NS(=O)(=O)c1ccc2c(c1)C(=O)[NH2+]N=N2. The van der Waals surface area contributed by atoms with E-state index < -0.39 is 10.0 Å². The van der Waals surface area contributed by atoms with Crippen LogP contribution in [-0.2, 0) is 10.0 Å². The third-order valence-corrected chi connectivity index (χ3v) is 2.81. The van der Waals surface area contributed by atoms with Gasteiger partial charge in [-0.05, 0) is 18.2 Å². The lowest BCUT2D eigenvalue weighted by atomic mass is 10.1. The van der Waals surface area contributed by atoms with Gasteiger partial charge in [-0.2, -0.15) is 0 Å². The number of hydrogen-bond acceptors (Lipinski definition) is 5. The van der Waals surface area contributed by atoms with Gasteiger partial charge in [-0.15, -0.1) is 5.43 Å². The summed E-state index contributed by atoms with van der Waals surface area (Å²) in [5.74, 6) is -0.384. The molecule has 7 nitrogen and oxygen atoms in total. The van der Waals surface area contributed by atoms with Crippen LogP contribution >= 0.6 is 0 Å². The van der Waals surface area contributed by atoms with Crippen molar-refractivity contribution >= 4 is 21.6 Å². The van der Waals surface area contributed by atoms with Gasteiger partial charge in [-0.3, -0.25) is 0 Å². The van der Waals surface area contributed by atoms with Crippen LogP contribution < -0.4 is 10.6 Å². The number of quaternary nitrogens is 1. The molecule has 0 aromatic heterocycles. The minimum atomic E-state index is -3.80. The number of primary amides is 1. The maximum absolute atomic E-state index is 11.3. The third kappa shape index (κ3) is 1.77. The Morgan fingerprint density at radius 1 is 1.33 bits per heavy atom. The Hall–Kier alpha value is -1.64. The Kier molecular flexibility index (Phi) is 2.11. The van der Waals surface area contributed by atoms with Crippen molar-refractivity contribution in [2.45, 2.75) is 4.90 Å². The lowest BCUT2D eigenvalue weighted by molar-refractivity contribution is -0.570. The van der Waals surface area contributed by atoms with Crippen molar-refractivity contribution in [3.8, 4) is 0 Å². The lowest BCUT2D eigenvalue weighted by Crippen LogP contribution is -2.82. The van der Waals surface area contributed by atoms with Crippen molar-refractivity contribution in [2.24, 2.45) is 15.5 Å². The Bertz CT molecular complexity index is 564. The molecule has 0 radical (unpaired) electrons. The van der Waals surface area contributed by atoms with E-state index in [-0.39, 0.29) is 16.4 Å². The number of hydrogen-bond donors (Lipinski definition) is 2. The van der Waals surface area contributed by atoms with Gasteiger partial charge in [-0.1, -0.05) is 5.11 Å². The molecule has 0 saturated heterocycles. The molecule has 0 aliphatic carbocycles. The van der Waals surface area contributed by atoms with Crippen LogP contribution in [0, 0.1) is 0 Å². The van der Waals surface area contributed by atoms with Crippen molar-refractivity contribution in [3.63, 3.8) is 0 Å². The fourth-order valence-corrected chi connectivity index (χ4v) is 1.73. The fraction of sp³-hybridized carbons (Fsp3) is 0. The van der Waals surface area contributed by atoms with E-state index in [0.717, 1.165) is 5.43 Å². The molecule has 1 aliphatic rings. The summed E-state index contributed by atoms with van der Waals surface area (Å²) in [5, 5.41) is 12.1. The average molecular weight is 227 g/mol. The highest BCUT2D eigenvalue weighted by Crippen LogP contribution is 2.23. The first-order valence-corrected chi connectivity index (χ1v) is 5.48. The van der Waals surface area contributed by atoms with Crippen LogP contribution in [0.3, 0.4) is 0 Å². The fourth-order valence-electron chi connectivity index (χ4n) is 1.19. The van der Waals surface area contributed by atoms with Crippen LogP contribution in [-0.4, -0.2) is 14.3 Å². The van der Waals surface area contributed by atoms with Gasteiger partial charge in [0.2, 0.25) is 10.0 Å². The zero-order valence-electron chi connectivity index (χ0n) is 7.41. The number of nitrogens with two attached hydrogens (primary N) is 2. The normalized spacial score (nSPS) is 15.1. The zero-order valence-corrected chi connectivity index (χ0v) is 8.23. The van der Waals surface area contributed by atoms with Crippen molar-refractivity contribution in [3.05, 3.63) is 23.8 Å². The van der Waals surface area contributed by atoms with Crippen LogP contribution in [0.1, 0.15) is 10.4 Å². The van der Waals surface area contributed by atoms with Crippen LogP contribution in [0.2, 0.25) is 0 Å². The molecule has 0 atom stereocenters. The number of fused-ring (bicyclic) bond motifs is 1. The Morgan fingerprint density at radius 2 is 2.07 bits per heavy atom. The Labute approximate surface area is 85.0 Å². The van der Waals surface area contributed by atoms with Crippen molar-refractivity contribution in [1.82, 2.24) is 0 Å². The molecule has 0 spiro atoms. The smallest absolute Gasteiger partial charge is 0.225 e. The molecule has 0 unspecified atom stereocenters. The molecule has 0 fully saturated rings. The number of carbonyl (C=O) groups excluding carboxylic acids is 1. The molecule has 78 valence electrons. The molecular formula is C7H7N4O3S+. The van der Waals surface area contributed by atoms with Gasteiger partial charge in [0.25, 0.3) is 0 Å². The van der Waals surface area contributed by atoms with Gasteiger partial charge < -0.3 is 0 Å². The van der Waals surface area contributed by atoms with Crippen molar-refractivity contribution in [2.75, 3.05) is 0 Å². The van der Waals surface area contributed by atoms with Gasteiger partial charge in [0.1, 0.15) is 11.3 Å². The second kappa shape index (κ2) is 3.19. The predicted molar refractivity (Wildman–Crippen MR) is 48.6 cm³/mol. The van der Waals surface area contributed by atoms with E-state index in [1.807, 2.05) is 0 Å². The van der Waals surface area contributed by atoms with Gasteiger partial charge in [-0.25, -0.2) is 18.4 Å². The summed E-state index contributed by atoms with van der Waals surface area (Å²) < 4.78 is 22.1. The summed E-state index contributed by atoms with van der Waals surface area (Å²) in [5.41, 5.74) is 1.56. The van der Waals surface area contributed by atoms with E-state index in [9.17, 15) is 13.2 Å². The van der Waals surface area contributed by atoms with E-state index >= 15 is 0 Å². The highest BCUT2D eigenvalue weighted by Gasteiger charge is 2.22. The number of nitrogens with zero attached hydrogens (tertiary/aromatic N) is 2. The number of amides is 1. The molecule has 2 rings (SSSR count). The molecule has 1 amide bonds. The topological polar surface area (TPSA) is 119 Å². The van der Waals surface area contributed by atoms with Crippen LogP contribution in [0.4, 0.5) is 5.69 Å². The number of carbonyl (C=O) groups is 1. The van der Waals surface area contributed by atoms with Crippen molar-refractivity contribution < 1.29 is 18.6 Å². The summed E-state index contributed by atoms with van der Waals surface area (Å²) in [6.07, 6.45) is 0. The minimum Gasteiger partial charge on any atom is -0.225 e. The first-order chi connectivity index (χ1) is 6.98. The number of sulfonamides is 1. The molecule has 1 aliphatic heterocycles. The predicted octanol–water partition coefficient (Wildman–Crippen LogP) is -0.950. The third-order valence-electron chi connectivity index (χ3n) is 1.90. The molecule has 4 N–H and O–H groups in total. The van der Waals surface area contributed by atoms with E-state index in [1.165, 1.54) is 18.2 Å². The molecule has 0 saturated carbocycles. The monoisotopic (exact) mass is 227 g/mol. The molecular weight excluding hydrogens is 220 g/mol. The average Bonchev–Trinajstić information content (AvgIpc) is 2.16. The van der Waals surface area contributed by atoms with E-state index in [2.05, 4.69) is 10.3 Å². The molecule has 1 aromatic rings. The molecule has 8 heteroatoms. The first-order valence-electron chi connectivity index (χ1n) is 3.94. The number of benzene rings is 1. The van der Waals surface area contributed by atoms with Crippen LogP contribution in [0.5, 0.6) is 0 Å². The van der Waals surface area contributed by atoms with Gasteiger partial charge in [0.15, 0.2) is 0 Å². The second-order valence-electron chi connectivity index (χ2n) is 2.93. The summed E-state index contributed by atoms with van der Waals surface area (Å²) >= 11 is 0. The first kappa shape index (κ1) is 9.90. The summed E-state index contributed by atoms with van der Waals surface area (Å²) in [6, 6.07) is 3.87. The number of rotatable bonds is 1. The number of primary sulfonamides is 1. The Balaban J connectivity index is 2.65. The Morgan fingerprint density at radius 3 is 2.73 bits per heavy atom. The molecule has 0 bridgehead atoms. The van der Waals surface area contributed by atoms with Gasteiger partial charge in [0, 0.05) is 5.22 Å². The molecule has 15 heavy (non-hydrogen) atoms. The minimum absolute atomic E-state index is 0.111. The van der Waals surface area contributed by atoms with Crippen LogP contribution in [0.15, 0.2) is 33.4 Å². The molecule has 1 aromatic carbocycles. The standard InChI is InChI=1S/C7H6N4O3S/c8-15(13,14)4-1-2-6-5(3-4)7(12)10-11-9-6/h1-3H,(H2,8,13,14)(H,9,10,12)/p+1. The highest BCUT2D eigenvalue weighted by molar-refractivity contribution is 7.89. The molecule has 1 heterocycles. The van der Waals surface area contributed by atoms with E-state index in [1.54, 1.807) is 0 Å². The highest BCUT2D eigenvalue weighted by atomic mass is 32.2. The summed E-state index contributed by atoms with van der Waals surface area (Å²) in [6.45, 7) is 0. The van der Waals surface area contributed by atoms with E-state index in [0.29, 0.717) is 5.69 Å². The summed E-state index contributed by atoms with van der Waals surface area (Å²) in [4.78, 5) is 11.2. The zero-order chi connectivity index (χ0) is 11.1. The van der Waals surface area contributed by atoms with E-state index in [4.69, 9.17) is 5.14 Å². The lowest BCUT2D eigenvalue weighted by Gasteiger charge is -2.05. The van der Waals surface area contributed by atoms with Gasteiger partial charge >= 0.3 is 5.91 Å².